The number of amides is 2. The molecule has 3 rings (SSSR count). The van der Waals surface area contributed by atoms with Crippen LogP contribution in [0.3, 0.4) is 0 Å². The summed E-state index contributed by atoms with van der Waals surface area (Å²) in [4.78, 5) is 23.2. The summed E-state index contributed by atoms with van der Waals surface area (Å²) < 4.78 is 19.2. The number of hydrogen-bond donors (Lipinski definition) is 2. The maximum atomic E-state index is 13.7. The van der Waals surface area contributed by atoms with Gasteiger partial charge in [-0.15, -0.1) is 0 Å². The number of rotatable bonds is 6. The van der Waals surface area contributed by atoms with Crippen LogP contribution < -0.4 is 15.8 Å². The summed E-state index contributed by atoms with van der Waals surface area (Å²) in [5.74, 6) is -0.423. The van der Waals surface area contributed by atoms with Crippen molar-refractivity contribution < 1.29 is 18.7 Å². The van der Waals surface area contributed by atoms with Gasteiger partial charge in [-0.05, 0) is 48.2 Å². The van der Waals surface area contributed by atoms with E-state index in [1.54, 1.807) is 24.3 Å². The average Bonchev–Trinajstić information content (AvgIpc) is 2.99. The van der Waals surface area contributed by atoms with E-state index >= 15 is 0 Å². The molecule has 0 heterocycles. The zero-order valence-electron chi connectivity index (χ0n) is 13.6. The number of benzene rings is 2. The smallest absolute Gasteiger partial charge is 0.248 e. The van der Waals surface area contributed by atoms with Gasteiger partial charge >= 0.3 is 0 Å². The molecule has 0 aromatic heterocycles. The van der Waals surface area contributed by atoms with Gasteiger partial charge in [0.05, 0.1) is 19.1 Å². The molecule has 0 aliphatic heterocycles. The van der Waals surface area contributed by atoms with E-state index in [-0.39, 0.29) is 30.8 Å². The van der Waals surface area contributed by atoms with Crippen molar-refractivity contribution >= 4 is 11.8 Å². The van der Waals surface area contributed by atoms with Crippen LogP contribution in [0, 0.1) is 5.82 Å². The van der Waals surface area contributed by atoms with Crippen molar-refractivity contribution in [3.8, 4) is 5.75 Å². The molecule has 5 nitrogen and oxygen atoms in total. The normalized spacial score (nSPS) is 15.5. The second-order valence-corrected chi connectivity index (χ2v) is 5.96. The second kappa shape index (κ2) is 7.34. The summed E-state index contributed by atoms with van der Waals surface area (Å²) in [5, 5.41) is 2.92. The molecule has 2 aromatic rings. The van der Waals surface area contributed by atoms with Crippen LogP contribution in [0.1, 0.15) is 40.4 Å². The van der Waals surface area contributed by atoms with E-state index < -0.39 is 5.91 Å². The molecule has 0 bridgehead atoms. The van der Waals surface area contributed by atoms with Crippen LogP contribution in [0.15, 0.2) is 42.5 Å². The van der Waals surface area contributed by atoms with Crippen LogP contribution in [-0.2, 0) is 11.2 Å². The average molecular weight is 342 g/mol. The van der Waals surface area contributed by atoms with Crippen LogP contribution in [0.2, 0.25) is 0 Å². The Morgan fingerprint density at radius 3 is 2.84 bits per heavy atom. The van der Waals surface area contributed by atoms with Crippen molar-refractivity contribution in [1.82, 2.24) is 5.32 Å². The van der Waals surface area contributed by atoms with Gasteiger partial charge in [-0.1, -0.05) is 18.2 Å². The predicted molar refractivity (Wildman–Crippen MR) is 90.7 cm³/mol. The molecule has 0 unspecified atom stereocenters. The Hall–Kier alpha value is -2.89. The van der Waals surface area contributed by atoms with Crippen molar-refractivity contribution in [3.63, 3.8) is 0 Å². The molecule has 2 amide bonds. The van der Waals surface area contributed by atoms with E-state index in [0.29, 0.717) is 29.7 Å². The fourth-order valence-electron chi connectivity index (χ4n) is 3.03. The first kappa shape index (κ1) is 17.0. The van der Waals surface area contributed by atoms with E-state index in [4.69, 9.17) is 10.5 Å². The highest BCUT2D eigenvalue weighted by atomic mass is 19.1. The summed E-state index contributed by atoms with van der Waals surface area (Å²) in [7, 11) is 0. The molecular weight excluding hydrogens is 323 g/mol. The fraction of sp³-hybridized carbons (Fsp3) is 0.263. The highest BCUT2D eigenvalue weighted by molar-refractivity contribution is 5.93. The summed E-state index contributed by atoms with van der Waals surface area (Å²) in [6.45, 7) is 0.177. The van der Waals surface area contributed by atoms with Gasteiger partial charge in [-0.25, -0.2) is 4.39 Å². The minimum Gasteiger partial charge on any atom is -0.493 e. The molecule has 0 spiro atoms. The van der Waals surface area contributed by atoms with Crippen LogP contribution in [0.25, 0.3) is 0 Å². The fourth-order valence-corrected chi connectivity index (χ4v) is 3.03. The number of halogens is 1. The van der Waals surface area contributed by atoms with Crippen molar-refractivity contribution in [2.45, 2.75) is 25.3 Å². The Kier molecular flexibility index (Phi) is 4.97. The number of carbonyl (C=O) groups excluding carboxylic acids is 2. The molecule has 1 aliphatic rings. The van der Waals surface area contributed by atoms with Gasteiger partial charge in [0.25, 0.3) is 0 Å². The molecule has 0 saturated heterocycles. The number of carbonyl (C=O) groups is 2. The molecule has 0 saturated carbocycles. The Morgan fingerprint density at radius 2 is 2.04 bits per heavy atom. The quantitative estimate of drug-likeness (QED) is 0.846. The molecule has 3 N–H and O–H groups in total. The Labute approximate surface area is 145 Å². The van der Waals surface area contributed by atoms with E-state index in [1.165, 1.54) is 12.1 Å². The van der Waals surface area contributed by atoms with E-state index in [9.17, 15) is 14.0 Å². The lowest BCUT2D eigenvalue weighted by Crippen LogP contribution is -2.28. The van der Waals surface area contributed by atoms with Crippen molar-refractivity contribution in [3.05, 3.63) is 65.0 Å². The Balaban J connectivity index is 1.51. The maximum absolute atomic E-state index is 13.7. The zero-order valence-corrected chi connectivity index (χ0v) is 13.6. The monoisotopic (exact) mass is 342 g/mol. The number of ether oxygens (including phenoxy) is 1. The number of hydrogen-bond acceptors (Lipinski definition) is 3. The first-order valence-electron chi connectivity index (χ1n) is 8.14. The van der Waals surface area contributed by atoms with E-state index in [2.05, 4.69) is 5.32 Å². The van der Waals surface area contributed by atoms with Crippen LogP contribution >= 0.6 is 0 Å². The third-order valence-corrected chi connectivity index (χ3v) is 4.27. The molecular formula is C19H19FN2O3. The lowest BCUT2D eigenvalue weighted by molar-refractivity contribution is -0.122. The number of nitrogens with one attached hydrogen (secondary N) is 1. The van der Waals surface area contributed by atoms with Crippen molar-refractivity contribution in [2.24, 2.45) is 5.73 Å². The summed E-state index contributed by atoms with van der Waals surface area (Å²) >= 11 is 0. The molecule has 1 atom stereocenters. The minimum absolute atomic E-state index is 0.156. The van der Waals surface area contributed by atoms with Crippen molar-refractivity contribution in [1.29, 1.82) is 0 Å². The summed E-state index contributed by atoms with van der Waals surface area (Å²) in [6.07, 6.45) is 1.49. The molecule has 6 heteroatoms. The van der Waals surface area contributed by atoms with Crippen LogP contribution in [0.5, 0.6) is 5.75 Å². The third-order valence-electron chi connectivity index (χ3n) is 4.27. The first-order valence-corrected chi connectivity index (χ1v) is 8.14. The Bertz CT molecular complexity index is 807. The molecule has 130 valence electrons. The van der Waals surface area contributed by atoms with Crippen LogP contribution in [-0.4, -0.2) is 18.4 Å². The van der Waals surface area contributed by atoms with Gasteiger partial charge in [0, 0.05) is 5.56 Å². The van der Waals surface area contributed by atoms with Gasteiger partial charge in [0.2, 0.25) is 11.8 Å². The van der Waals surface area contributed by atoms with E-state index in [1.807, 2.05) is 6.07 Å². The van der Waals surface area contributed by atoms with Gasteiger partial charge in [0.15, 0.2) is 0 Å². The lowest BCUT2D eigenvalue weighted by Gasteiger charge is -2.14. The van der Waals surface area contributed by atoms with Gasteiger partial charge in [-0.2, -0.15) is 0 Å². The van der Waals surface area contributed by atoms with Gasteiger partial charge in [-0.3, -0.25) is 9.59 Å². The highest BCUT2D eigenvalue weighted by Gasteiger charge is 2.25. The predicted octanol–water partition coefficient (Wildman–Crippen LogP) is 2.50. The second-order valence-electron chi connectivity index (χ2n) is 5.96. The highest BCUT2D eigenvalue weighted by Crippen LogP contribution is 2.32. The standard InChI is InChI=1S/C19H19FN2O3/c20-16-6-2-5-15-14(16)7-8-17(15)22-18(23)9-10-25-13-4-1-3-12(11-13)19(21)24/h1-6,11,17H,7-10H2,(H2,21,24)(H,22,23)/t17-/m1/s1. The van der Waals surface area contributed by atoms with E-state index in [0.717, 1.165) is 5.56 Å². The number of primary amides is 1. The SMILES string of the molecule is NC(=O)c1cccc(OCCC(=O)N[C@@H]2CCc3c(F)cccc32)c1. The van der Waals surface area contributed by atoms with Crippen LogP contribution in [0.4, 0.5) is 4.39 Å². The maximum Gasteiger partial charge on any atom is 0.248 e. The van der Waals surface area contributed by atoms with Gasteiger partial charge < -0.3 is 15.8 Å². The summed E-state index contributed by atoms with van der Waals surface area (Å²) in [6, 6.07) is 11.3. The minimum atomic E-state index is -0.532. The van der Waals surface area contributed by atoms with Crippen molar-refractivity contribution in [2.75, 3.05) is 6.61 Å². The van der Waals surface area contributed by atoms with Gasteiger partial charge in [0.1, 0.15) is 11.6 Å². The first-order chi connectivity index (χ1) is 12.0. The number of nitrogens with two attached hydrogens (primary N) is 1. The third kappa shape index (κ3) is 3.96. The Morgan fingerprint density at radius 1 is 1.24 bits per heavy atom. The lowest BCUT2D eigenvalue weighted by atomic mass is 10.1. The topological polar surface area (TPSA) is 81.4 Å². The molecule has 0 radical (unpaired) electrons. The summed E-state index contributed by atoms with van der Waals surface area (Å²) in [5.41, 5.74) is 7.11. The zero-order chi connectivity index (χ0) is 17.8. The molecule has 0 fully saturated rings. The molecule has 2 aromatic carbocycles. The molecule has 1 aliphatic carbocycles. The number of fused-ring (bicyclic) bond motifs is 1. The molecule has 25 heavy (non-hydrogen) atoms. The largest absolute Gasteiger partial charge is 0.493 e.